The van der Waals surface area contributed by atoms with Gasteiger partial charge in [0.2, 0.25) is 6.41 Å². The van der Waals surface area contributed by atoms with Gasteiger partial charge in [0, 0.05) is 11.1 Å². The molecule has 0 saturated carbocycles. The van der Waals surface area contributed by atoms with E-state index in [0.717, 1.165) is 16.7 Å². The topological polar surface area (TPSA) is 72.2 Å². The Kier molecular flexibility index (Phi) is 6.47. The van der Waals surface area contributed by atoms with E-state index in [-0.39, 0.29) is 11.2 Å². The normalized spacial score (nSPS) is 10.2. The van der Waals surface area contributed by atoms with Crippen LogP contribution in [0.15, 0.2) is 54.6 Å². The molecule has 0 bridgehead atoms. The lowest BCUT2D eigenvalue weighted by Crippen LogP contribution is -2.18. The summed E-state index contributed by atoms with van der Waals surface area (Å²) in [7, 11) is 0. The van der Waals surface area contributed by atoms with Gasteiger partial charge in [-0.1, -0.05) is 75.4 Å². The van der Waals surface area contributed by atoms with Crippen molar-refractivity contribution in [3.8, 4) is 0 Å². The summed E-state index contributed by atoms with van der Waals surface area (Å²) < 4.78 is 0. The first kappa shape index (κ1) is 17.6. The second kappa shape index (κ2) is 8.10. The number of hydrazine groups is 1. The smallest absolute Gasteiger partial charge is 0.221 e. The third-order valence-electron chi connectivity index (χ3n) is 3.08. The van der Waals surface area contributed by atoms with E-state index in [2.05, 4.69) is 26.6 Å². The molecule has 0 fully saturated rings. The van der Waals surface area contributed by atoms with Crippen LogP contribution in [0.25, 0.3) is 0 Å². The number of carbonyl (C=O) groups is 2. The lowest BCUT2D eigenvalue weighted by molar-refractivity contribution is -0.109. The Morgan fingerprint density at radius 1 is 1.00 bits per heavy atom. The highest BCUT2D eigenvalue weighted by Gasteiger charge is 2.21. The van der Waals surface area contributed by atoms with Gasteiger partial charge in [-0.25, -0.2) is 5.84 Å². The van der Waals surface area contributed by atoms with Crippen LogP contribution in [0.4, 0.5) is 0 Å². The van der Waals surface area contributed by atoms with Gasteiger partial charge in [-0.3, -0.25) is 15.0 Å². The predicted molar refractivity (Wildman–Crippen MR) is 88.4 cm³/mol. The molecule has 4 nitrogen and oxygen atoms in total. The molecule has 0 radical (unpaired) electrons. The largest absolute Gasteiger partial charge is 0.297 e. The molecular weight excluding hydrogens is 276 g/mol. The van der Waals surface area contributed by atoms with E-state index >= 15 is 0 Å². The molecule has 116 valence electrons. The van der Waals surface area contributed by atoms with Crippen LogP contribution >= 0.6 is 0 Å². The maximum absolute atomic E-state index is 12.5. The number of ketones is 1. The standard InChI is InChI=1S/C17H18O.CH4N2O/c1-17(2,3)15-12-8-7-11-14(15)16(18)13-9-5-4-6-10-13;2-3-1-4/h4-12H,1-3H3;1H,2H2,(H,3,4). The highest BCUT2D eigenvalue weighted by Crippen LogP contribution is 2.27. The summed E-state index contributed by atoms with van der Waals surface area (Å²) >= 11 is 0. The summed E-state index contributed by atoms with van der Waals surface area (Å²) in [5, 5.41) is 0. The van der Waals surface area contributed by atoms with Crippen molar-refractivity contribution in [1.29, 1.82) is 0 Å². The van der Waals surface area contributed by atoms with Crippen molar-refractivity contribution >= 4 is 12.2 Å². The minimum Gasteiger partial charge on any atom is -0.297 e. The molecule has 0 aliphatic heterocycles. The Labute approximate surface area is 131 Å². The number of hydrogen-bond donors (Lipinski definition) is 2. The Hall–Kier alpha value is -2.46. The van der Waals surface area contributed by atoms with Crippen LogP contribution in [0, 0.1) is 0 Å². The third-order valence-corrected chi connectivity index (χ3v) is 3.08. The predicted octanol–water partition coefficient (Wildman–Crippen LogP) is 2.82. The van der Waals surface area contributed by atoms with Crippen molar-refractivity contribution in [2.45, 2.75) is 26.2 Å². The zero-order valence-electron chi connectivity index (χ0n) is 13.2. The van der Waals surface area contributed by atoms with Gasteiger partial charge in [0.05, 0.1) is 0 Å². The zero-order chi connectivity index (χ0) is 16.6. The molecule has 0 atom stereocenters. The summed E-state index contributed by atoms with van der Waals surface area (Å²) in [6.45, 7) is 6.39. The van der Waals surface area contributed by atoms with Crippen LogP contribution in [-0.2, 0) is 10.2 Å². The summed E-state index contributed by atoms with van der Waals surface area (Å²) in [6, 6.07) is 17.3. The zero-order valence-corrected chi connectivity index (χ0v) is 13.2. The van der Waals surface area contributed by atoms with Crippen molar-refractivity contribution in [3.63, 3.8) is 0 Å². The van der Waals surface area contributed by atoms with Crippen molar-refractivity contribution < 1.29 is 9.59 Å². The van der Waals surface area contributed by atoms with E-state index in [9.17, 15) is 4.79 Å². The number of benzene rings is 2. The second-order valence-electron chi connectivity index (χ2n) is 5.78. The molecule has 0 spiro atoms. The van der Waals surface area contributed by atoms with E-state index < -0.39 is 0 Å². The highest BCUT2D eigenvalue weighted by atomic mass is 16.1. The molecule has 4 heteroatoms. The van der Waals surface area contributed by atoms with Crippen LogP contribution in [-0.4, -0.2) is 12.2 Å². The average Bonchev–Trinajstić information content (AvgIpc) is 2.54. The van der Waals surface area contributed by atoms with Gasteiger partial charge < -0.3 is 0 Å². The van der Waals surface area contributed by atoms with Gasteiger partial charge in [0.25, 0.3) is 0 Å². The first-order valence-corrected chi connectivity index (χ1v) is 7.01. The second-order valence-corrected chi connectivity index (χ2v) is 5.78. The van der Waals surface area contributed by atoms with E-state index in [4.69, 9.17) is 4.79 Å². The molecule has 2 rings (SSSR count). The van der Waals surface area contributed by atoms with Gasteiger partial charge in [-0.05, 0) is 11.0 Å². The van der Waals surface area contributed by atoms with Gasteiger partial charge in [0.1, 0.15) is 0 Å². The first-order valence-electron chi connectivity index (χ1n) is 7.01. The van der Waals surface area contributed by atoms with Gasteiger partial charge in [-0.2, -0.15) is 0 Å². The molecule has 0 aromatic heterocycles. The van der Waals surface area contributed by atoms with Crippen molar-refractivity contribution in [1.82, 2.24) is 5.43 Å². The molecule has 0 aliphatic rings. The summed E-state index contributed by atoms with van der Waals surface area (Å²) in [5.74, 6) is 4.51. The minimum atomic E-state index is -0.0268. The molecule has 22 heavy (non-hydrogen) atoms. The molecule has 0 heterocycles. The monoisotopic (exact) mass is 298 g/mol. The van der Waals surface area contributed by atoms with Gasteiger partial charge in [0.15, 0.2) is 5.78 Å². The summed E-state index contributed by atoms with van der Waals surface area (Å²) in [6.07, 6.45) is 0.403. The van der Waals surface area contributed by atoms with Crippen LogP contribution in [0.3, 0.4) is 0 Å². The molecule has 2 aromatic rings. The van der Waals surface area contributed by atoms with E-state index in [1.807, 2.05) is 54.6 Å². The van der Waals surface area contributed by atoms with Crippen LogP contribution in [0.1, 0.15) is 42.3 Å². The molecular formula is C18H22N2O2. The average molecular weight is 298 g/mol. The van der Waals surface area contributed by atoms with E-state index in [0.29, 0.717) is 6.41 Å². The molecule has 1 amide bonds. The van der Waals surface area contributed by atoms with Crippen LogP contribution < -0.4 is 11.3 Å². The number of nitrogens with two attached hydrogens (primary N) is 1. The fraction of sp³-hybridized carbons (Fsp3) is 0.222. The Balaban J connectivity index is 0.000000541. The van der Waals surface area contributed by atoms with Crippen molar-refractivity contribution in [2.24, 2.45) is 5.84 Å². The number of rotatable bonds is 3. The van der Waals surface area contributed by atoms with Crippen molar-refractivity contribution in [2.75, 3.05) is 0 Å². The summed E-state index contributed by atoms with van der Waals surface area (Å²) in [4.78, 5) is 21.5. The number of amides is 1. The van der Waals surface area contributed by atoms with E-state index in [1.165, 1.54) is 0 Å². The number of hydrogen-bond acceptors (Lipinski definition) is 3. The Bertz CT molecular complexity index is 616. The first-order chi connectivity index (χ1) is 10.4. The molecule has 0 unspecified atom stereocenters. The fourth-order valence-corrected chi connectivity index (χ4v) is 2.08. The Morgan fingerprint density at radius 3 is 2.00 bits per heavy atom. The Morgan fingerprint density at radius 2 is 1.50 bits per heavy atom. The fourth-order valence-electron chi connectivity index (χ4n) is 2.08. The van der Waals surface area contributed by atoms with Crippen molar-refractivity contribution in [3.05, 3.63) is 71.3 Å². The maximum atomic E-state index is 12.5. The highest BCUT2D eigenvalue weighted by molar-refractivity contribution is 6.10. The molecule has 0 saturated heterocycles. The lowest BCUT2D eigenvalue weighted by atomic mass is 9.82. The quantitative estimate of drug-likeness (QED) is 0.301. The van der Waals surface area contributed by atoms with E-state index in [1.54, 1.807) is 5.43 Å². The lowest BCUT2D eigenvalue weighted by Gasteiger charge is -2.22. The SMILES string of the molecule is CC(C)(C)c1ccccc1C(=O)c1ccccc1.NNC=O. The third kappa shape index (κ3) is 4.82. The summed E-state index contributed by atoms with van der Waals surface area (Å²) in [5.41, 5.74) is 4.37. The number of carbonyl (C=O) groups excluding carboxylic acids is 2. The van der Waals surface area contributed by atoms with Crippen LogP contribution in [0.5, 0.6) is 0 Å². The van der Waals surface area contributed by atoms with Crippen LogP contribution in [0.2, 0.25) is 0 Å². The molecule has 2 aromatic carbocycles. The molecule has 0 aliphatic carbocycles. The number of nitrogens with one attached hydrogen (secondary N) is 1. The van der Waals surface area contributed by atoms with Gasteiger partial charge >= 0.3 is 0 Å². The molecule has 3 N–H and O–H groups in total. The minimum absolute atomic E-state index is 0.0268. The van der Waals surface area contributed by atoms with Gasteiger partial charge in [-0.15, -0.1) is 0 Å². The maximum Gasteiger partial charge on any atom is 0.221 e.